The van der Waals surface area contributed by atoms with Crippen LogP contribution < -0.4 is 10.2 Å². The summed E-state index contributed by atoms with van der Waals surface area (Å²) in [6, 6.07) is 8.51. The highest BCUT2D eigenvalue weighted by atomic mass is 19.1. The molecule has 2 N–H and O–H groups in total. The number of aryl methyl sites for hydroxylation is 1. The van der Waals surface area contributed by atoms with Crippen molar-refractivity contribution >= 4 is 11.5 Å². The molecule has 4 rings (SSSR count). The zero-order chi connectivity index (χ0) is 18.1. The maximum atomic E-state index is 13.6. The first-order valence-electron chi connectivity index (χ1n) is 9.32. The van der Waals surface area contributed by atoms with E-state index in [1.807, 2.05) is 16.6 Å². The minimum atomic E-state index is -0.250. The maximum Gasteiger partial charge on any atom is 0.158 e. The molecule has 2 heterocycles. The fourth-order valence-corrected chi connectivity index (χ4v) is 3.61. The number of quaternary nitrogens is 1. The number of halogens is 1. The van der Waals surface area contributed by atoms with Crippen LogP contribution in [0.3, 0.4) is 0 Å². The van der Waals surface area contributed by atoms with Gasteiger partial charge in [0.2, 0.25) is 0 Å². The SMILES string of the molecule is C[NH+](C)CCCNc1c2c(nc3cc(-c4cccc(F)c4)nn13)CCC2. The van der Waals surface area contributed by atoms with Crippen LogP contribution in [0.5, 0.6) is 0 Å². The van der Waals surface area contributed by atoms with Crippen LogP contribution in [0.15, 0.2) is 30.3 Å². The Bertz CT molecular complexity index is 931. The van der Waals surface area contributed by atoms with Gasteiger partial charge in [0.05, 0.1) is 26.3 Å². The normalized spacial score (nSPS) is 13.5. The fraction of sp³-hybridized carbons (Fsp3) is 0.400. The van der Waals surface area contributed by atoms with Crippen molar-refractivity contribution in [1.29, 1.82) is 0 Å². The van der Waals surface area contributed by atoms with Crippen LogP contribution in [0.4, 0.5) is 10.2 Å². The Kier molecular flexibility index (Phi) is 4.59. The molecule has 0 saturated carbocycles. The topological polar surface area (TPSA) is 46.7 Å². The summed E-state index contributed by atoms with van der Waals surface area (Å²) in [6.45, 7) is 2.03. The van der Waals surface area contributed by atoms with Gasteiger partial charge in [0.15, 0.2) is 5.65 Å². The van der Waals surface area contributed by atoms with Gasteiger partial charge in [-0.05, 0) is 31.4 Å². The largest absolute Gasteiger partial charge is 0.369 e. The Labute approximate surface area is 152 Å². The zero-order valence-corrected chi connectivity index (χ0v) is 15.3. The number of anilines is 1. The lowest BCUT2D eigenvalue weighted by Gasteiger charge is -2.13. The van der Waals surface area contributed by atoms with Gasteiger partial charge in [0.1, 0.15) is 11.6 Å². The lowest BCUT2D eigenvalue weighted by atomic mass is 10.1. The van der Waals surface area contributed by atoms with Crippen LogP contribution in [-0.2, 0) is 12.8 Å². The molecule has 0 bridgehead atoms. The van der Waals surface area contributed by atoms with Crippen molar-refractivity contribution in [2.45, 2.75) is 25.7 Å². The highest BCUT2D eigenvalue weighted by Gasteiger charge is 2.21. The van der Waals surface area contributed by atoms with E-state index in [-0.39, 0.29) is 5.82 Å². The Hall–Kier alpha value is -2.47. The molecule has 0 radical (unpaired) electrons. The third-order valence-electron chi connectivity index (χ3n) is 4.89. The third-order valence-corrected chi connectivity index (χ3v) is 4.89. The molecule has 0 spiro atoms. The second-order valence-electron chi connectivity index (χ2n) is 7.29. The van der Waals surface area contributed by atoms with Crippen molar-refractivity contribution in [3.05, 3.63) is 47.4 Å². The summed E-state index contributed by atoms with van der Waals surface area (Å²) in [5.74, 6) is 0.804. The number of fused-ring (bicyclic) bond motifs is 2. The number of nitrogens with one attached hydrogen (secondary N) is 2. The van der Waals surface area contributed by atoms with Crippen LogP contribution >= 0.6 is 0 Å². The maximum absolute atomic E-state index is 13.6. The van der Waals surface area contributed by atoms with Gasteiger partial charge >= 0.3 is 0 Å². The second-order valence-corrected chi connectivity index (χ2v) is 7.29. The van der Waals surface area contributed by atoms with Crippen LogP contribution in [0, 0.1) is 5.82 Å². The molecule has 6 heteroatoms. The number of nitrogens with zero attached hydrogens (tertiary/aromatic N) is 3. The Morgan fingerprint density at radius 2 is 2.12 bits per heavy atom. The predicted molar refractivity (Wildman–Crippen MR) is 101 cm³/mol. The molecule has 1 aliphatic rings. The molecule has 5 nitrogen and oxygen atoms in total. The van der Waals surface area contributed by atoms with E-state index in [2.05, 4.69) is 19.4 Å². The highest BCUT2D eigenvalue weighted by Crippen LogP contribution is 2.30. The summed E-state index contributed by atoms with van der Waals surface area (Å²) < 4.78 is 15.5. The lowest BCUT2D eigenvalue weighted by molar-refractivity contribution is -0.858. The van der Waals surface area contributed by atoms with Gasteiger partial charge in [-0.2, -0.15) is 9.61 Å². The van der Waals surface area contributed by atoms with Crippen molar-refractivity contribution in [3.8, 4) is 11.3 Å². The van der Waals surface area contributed by atoms with Crippen LogP contribution in [0.1, 0.15) is 24.1 Å². The van der Waals surface area contributed by atoms with Crippen molar-refractivity contribution in [2.75, 3.05) is 32.5 Å². The van der Waals surface area contributed by atoms with E-state index in [1.54, 1.807) is 6.07 Å². The summed E-state index contributed by atoms with van der Waals surface area (Å²) in [7, 11) is 4.34. The molecule has 26 heavy (non-hydrogen) atoms. The molecular formula is C20H25FN5+. The number of hydrogen-bond acceptors (Lipinski definition) is 3. The minimum Gasteiger partial charge on any atom is -0.369 e. The first-order chi connectivity index (χ1) is 12.6. The molecule has 1 aliphatic carbocycles. The number of aromatic nitrogens is 3. The Morgan fingerprint density at radius 3 is 2.92 bits per heavy atom. The number of rotatable bonds is 6. The van der Waals surface area contributed by atoms with Gasteiger partial charge in [0, 0.05) is 35.9 Å². The standard InChI is InChI=1S/C20H24FN5/c1-25(2)11-5-10-22-20-16-8-4-9-17(16)23-19-13-18(24-26(19)20)14-6-3-7-15(21)12-14/h3,6-7,12-13,22H,4-5,8-11H2,1-2H3/p+1. The predicted octanol–water partition coefficient (Wildman–Crippen LogP) is 1.97. The van der Waals surface area contributed by atoms with Crippen LogP contribution in [0.25, 0.3) is 16.9 Å². The highest BCUT2D eigenvalue weighted by molar-refractivity contribution is 5.67. The monoisotopic (exact) mass is 354 g/mol. The van der Waals surface area contributed by atoms with Gasteiger partial charge < -0.3 is 10.2 Å². The van der Waals surface area contributed by atoms with E-state index in [0.717, 1.165) is 61.5 Å². The number of benzene rings is 1. The minimum absolute atomic E-state index is 0.250. The van der Waals surface area contributed by atoms with Crippen molar-refractivity contribution in [1.82, 2.24) is 14.6 Å². The van der Waals surface area contributed by atoms with Gasteiger partial charge in [-0.1, -0.05) is 12.1 Å². The summed E-state index contributed by atoms with van der Waals surface area (Å²) in [4.78, 5) is 6.25. The molecule has 0 saturated heterocycles. The van der Waals surface area contributed by atoms with E-state index in [0.29, 0.717) is 0 Å². The molecule has 0 aliphatic heterocycles. The first-order valence-corrected chi connectivity index (χ1v) is 9.32. The molecule has 2 aromatic heterocycles. The zero-order valence-electron chi connectivity index (χ0n) is 15.3. The fourth-order valence-electron chi connectivity index (χ4n) is 3.61. The third kappa shape index (κ3) is 3.29. The molecule has 3 aromatic rings. The number of hydrogen-bond donors (Lipinski definition) is 2. The molecule has 1 aromatic carbocycles. The van der Waals surface area contributed by atoms with Crippen molar-refractivity contribution in [2.24, 2.45) is 0 Å². The Balaban J connectivity index is 1.71. The molecule has 0 amide bonds. The summed E-state index contributed by atoms with van der Waals surface area (Å²) in [5.41, 5.74) is 4.80. The van der Waals surface area contributed by atoms with Gasteiger partial charge in [-0.25, -0.2) is 9.37 Å². The van der Waals surface area contributed by atoms with Gasteiger partial charge in [-0.3, -0.25) is 0 Å². The summed E-state index contributed by atoms with van der Waals surface area (Å²) in [5, 5.41) is 8.33. The second kappa shape index (κ2) is 7.03. The van der Waals surface area contributed by atoms with Gasteiger partial charge in [-0.15, -0.1) is 0 Å². The molecule has 0 unspecified atom stereocenters. The first kappa shape index (κ1) is 17.0. The average Bonchev–Trinajstić information content (AvgIpc) is 3.24. The van der Waals surface area contributed by atoms with E-state index in [9.17, 15) is 4.39 Å². The molecule has 0 fully saturated rings. The average molecular weight is 354 g/mol. The quantitative estimate of drug-likeness (QED) is 0.666. The smallest absolute Gasteiger partial charge is 0.158 e. The van der Waals surface area contributed by atoms with E-state index >= 15 is 0 Å². The van der Waals surface area contributed by atoms with Gasteiger partial charge in [0.25, 0.3) is 0 Å². The lowest BCUT2D eigenvalue weighted by Crippen LogP contribution is -3.05. The summed E-state index contributed by atoms with van der Waals surface area (Å²) >= 11 is 0. The summed E-state index contributed by atoms with van der Waals surface area (Å²) in [6.07, 6.45) is 4.29. The van der Waals surface area contributed by atoms with E-state index < -0.39 is 0 Å². The molecule has 136 valence electrons. The Morgan fingerprint density at radius 1 is 1.23 bits per heavy atom. The molecular weight excluding hydrogens is 329 g/mol. The van der Waals surface area contributed by atoms with Crippen molar-refractivity contribution in [3.63, 3.8) is 0 Å². The van der Waals surface area contributed by atoms with Crippen LogP contribution in [0.2, 0.25) is 0 Å². The van der Waals surface area contributed by atoms with Crippen LogP contribution in [-0.4, -0.2) is 41.8 Å². The van der Waals surface area contributed by atoms with E-state index in [1.165, 1.54) is 28.3 Å². The molecule has 0 atom stereocenters. The van der Waals surface area contributed by atoms with Crippen molar-refractivity contribution < 1.29 is 9.29 Å². The van der Waals surface area contributed by atoms with E-state index in [4.69, 9.17) is 10.1 Å².